The number of allylic oxidation sites excluding steroid dienone is 4. The molecule has 0 saturated carbocycles. The third kappa shape index (κ3) is 6.86. The molecule has 14 heteroatoms. The van der Waals surface area contributed by atoms with Crippen molar-refractivity contribution in [2.45, 2.75) is 51.8 Å². The molecule has 9 nitrogen and oxygen atoms in total. The van der Waals surface area contributed by atoms with Gasteiger partial charge in [-0.2, -0.15) is 0 Å². The summed E-state index contributed by atoms with van der Waals surface area (Å²) in [6, 6.07) is 6.08. The Bertz CT molecular complexity index is 1700. The summed E-state index contributed by atoms with van der Waals surface area (Å²) in [4.78, 5) is 0. The number of methoxy groups -OCH3 is 9. The molecule has 3 aromatic rings. The van der Waals surface area contributed by atoms with Gasteiger partial charge >= 0.3 is 311 Å². The summed E-state index contributed by atoms with van der Waals surface area (Å²) in [5.41, 5.74) is 7.75. The molecule has 0 saturated heterocycles. The fraction of sp³-hybridized carbons (Fsp3) is 0.436. The third-order valence-corrected chi connectivity index (χ3v) is 19.5. The van der Waals surface area contributed by atoms with Gasteiger partial charge in [-0.05, 0) is 0 Å². The molecule has 290 valence electrons. The summed E-state index contributed by atoms with van der Waals surface area (Å²) in [6.45, 7) is 15.2. The van der Waals surface area contributed by atoms with Crippen LogP contribution in [0.15, 0.2) is 40.5 Å². The van der Waals surface area contributed by atoms with Crippen LogP contribution in [-0.2, 0) is 20.4 Å². The number of hydrogen-bond acceptors (Lipinski definition) is 9. The molecular weight excluding hydrogens is 795 g/mol. The van der Waals surface area contributed by atoms with E-state index in [-0.39, 0.29) is 37.2 Å². The van der Waals surface area contributed by atoms with Gasteiger partial charge in [-0.3, -0.25) is 0 Å². The second kappa shape index (κ2) is 18.7. The molecule has 1 aliphatic carbocycles. The van der Waals surface area contributed by atoms with Crippen molar-refractivity contribution in [3.8, 4) is 51.7 Å². The van der Waals surface area contributed by atoms with Crippen LogP contribution >= 0.6 is 0 Å². The number of hydrogen-bond donors (Lipinski definition) is 0. The maximum Gasteiger partial charge on any atom is -1.00 e. The summed E-state index contributed by atoms with van der Waals surface area (Å²) in [6.07, 6.45) is 0. The molecule has 0 N–H and O–H groups in total. The Labute approximate surface area is 346 Å². The monoisotopic (exact) mass is 844 g/mol. The topological polar surface area (TPSA) is 83.1 Å². The Morgan fingerprint density at radius 2 is 0.623 bits per heavy atom. The first-order valence-electron chi connectivity index (χ1n) is 16.2. The van der Waals surface area contributed by atoms with Crippen LogP contribution in [0.2, 0.25) is 3.34 Å². The molecule has 0 unspecified atom stereocenters. The van der Waals surface area contributed by atoms with E-state index in [4.69, 9.17) is 42.6 Å². The van der Waals surface area contributed by atoms with Crippen LogP contribution < -0.4 is 95.4 Å². The summed E-state index contributed by atoms with van der Waals surface area (Å²) < 4.78 is 55.0. The van der Waals surface area contributed by atoms with Crippen LogP contribution in [0.1, 0.15) is 44.4 Å². The van der Waals surface area contributed by atoms with E-state index in [9.17, 15) is 0 Å². The molecule has 0 aliphatic heterocycles. The molecule has 53 heavy (non-hydrogen) atoms. The van der Waals surface area contributed by atoms with E-state index in [0.717, 1.165) is 32.3 Å². The Kier molecular flexibility index (Phi) is 16.9. The second-order valence-corrected chi connectivity index (χ2v) is 18.2. The quantitative estimate of drug-likeness (QED) is 0.133. The standard InChI is InChI=1S/C39H51O9Si.3ClH.Ti/c1-20-17-27(40-8)30(43-11)33(46-14)36(20)49(39-25(6)23(4)24(5)26(39)7,37-21(2)18-28(41-9)31(44-12)34(37)47-15)38-22(3)19-29(42-10)32(45-13)35(38)48-16;;;;/h17-19H,1-16H3;3*1H;/q;;;;+3/p-3. The van der Waals surface area contributed by atoms with Crippen LogP contribution in [0.25, 0.3) is 0 Å². The maximum absolute atomic E-state index is 6.50. The fourth-order valence-electron chi connectivity index (χ4n) is 8.14. The van der Waals surface area contributed by atoms with Crippen LogP contribution in [0, 0.1) is 20.8 Å². The molecule has 0 bridgehead atoms. The molecule has 0 aromatic heterocycles. The van der Waals surface area contributed by atoms with Gasteiger partial charge in [0.05, 0.1) is 0 Å². The SMILES string of the molecule is COc1cc(C)c([Si](c2c(C)cc(OC)c(OC)c2OC)(c2c(C)cc(OC)c(OC)c2OC)[C]2([Ti+3])C(C)=C(C)C(C)=C2C)c(OC)c1OC.[Cl-].[Cl-].[Cl-]. The van der Waals surface area contributed by atoms with Gasteiger partial charge in [-0.1, -0.05) is 0 Å². The molecule has 1 aliphatic rings. The smallest absolute Gasteiger partial charge is 1.00 e. The van der Waals surface area contributed by atoms with Gasteiger partial charge in [0, 0.05) is 0 Å². The minimum absolute atomic E-state index is 0. The van der Waals surface area contributed by atoms with Gasteiger partial charge < -0.3 is 37.2 Å². The van der Waals surface area contributed by atoms with Crippen molar-refractivity contribution in [1.29, 1.82) is 0 Å². The van der Waals surface area contributed by atoms with Crippen LogP contribution in [0.5, 0.6) is 51.7 Å². The molecule has 0 spiro atoms. The number of halogens is 3. The van der Waals surface area contributed by atoms with Gasteiger partial charge in [-0.15, -0.1) is 0 Å². The van der Waals surface area contributed by atoms with E-state index in [2.05, 4.69) is 68.9 Å². The van der Waals surface area contributed by atoms with Gasteiger partial charge in [-0.25, -0.2) is 0 Å². The van der Waals surface area contributed by atoms with Crippen molar-refractivity contribution in [3.63, 3.8) is 0 Å². The predicted molar refractivity (Wildman–Crippen MR) is 197 cm³/mol. The zero-order valence-corrected chi connectivity index (χ0v) is 38.4. The zero-order valence-electron chi connectivity index (χ0n) is 33.5. The van der Waals surface area contributed by atoms with Crippen molar-refractivity contribution in [2.75, 3.05) is 64.0 Å². The van der Waals surface area contributed by atoms with Crippen molar-refractivity contribution >= 4 is 23.6 Å². The summed E-state index contributed by atoms with van der Waals surface area (Å²) >= 11 is 2.35. The van der Waals surface area contributed by atoms with Crippen LogP contribution in [-0.4, -0.2) is 72.1 Å². The molecule has 0 atom stereocenters. The van der Waals surface area contributed by atoms with E-state index in [0.29, 0.717) is 51.7 Å². The van der Waals surface area contributed by atoms with E-state index in [1.54, 1.807) is 64.0 Å². The van der Waals surface area contributed by atoms with Crippen molar-refractivity contribution in [3.05, 3.63) is 57.2 Å². The van der Waals surface area contributed by atoms with Gasteiger partial charge in [0.15, 0.2) is 0 Å². The number of benzene rings is 3. The van der Waals surface area contributed by atoms with Crippen molar-refractivity contribution in [2.24, 2.45) is 0 Å². The predicted octanol–water partition coefficient (Wildman–Crippen LogP) is -2.90. The average molecular weight is 846 g/mol. The molecule has 3 aromatic carbocycles. The second-order valence-electron chi connectivity index (χ2n) is 12.5. The third-order valence-electron chi connectivity index (χ3n) is 10.6. The van der Waals surface area contributed by atoms with Crippen molar-refractivity contribution < 1.29 is 100 Å². The van der Waals surface area contributed by atoms with Crippen molar-refractivity contribution in [1.82, 2.24) is 0 Å². The summed E-state index contributed by atoms with van der Waals surface area (Å²) in [7, 11) is 11.0. The first-order valence-corrected chi connectivity index (χ1v) is 19.0. The molecule has 0 fully saturated rings. The Balaban J connectivity index is 0.00000468. The van der Waals surface area contributed by atoms with E-state index >= 15 is 0 Å². The van der Waals surface area contributed by atoms with Crippen LogP contribution in [0.4, 0.5) is 0 Å². The van der Waals surface area contributed by atoms with Crippen LogP contribution in [0.3, 0.4) is 0 Å². The molecule has 0 amide bonds. The Hall–Kier alpha value is -2.86. The largest absolute Gasteiger partial charge is 1.00 e. The summed E-state index contributed by atoms with van der Waals surface area (Å²) in [5, 5.41) is 2.88. The van der Waals surface area contributed by atoms with Gasteiger partial charge in [0.25, 0.3) is 0 Å². The zero-order chi connectivity index (χ0) is 37.5. The first-order chi connectivity index (χ1) is 23.7. The minimum Gasteiger partial charge on any atom is -1.00 e. The normalized spacial score (nSPS) is 13.3. The Morgan fingerprint density at radius 1 is 0.396 bits per heavy atom. The molecule has 0 heterocycles. The van der Waals surface area contributed by atoms with Gasteiger partial charge in [0.2, 0.25) is 0 Å². The van der Waals surface area contributed by atoms with E-state index < -0.39 is 11.4 Å². The number of ether oxygens (including phenoxy) is 9. The van der Waals surface area contributed by atoms with E-state index in [1.165, 1.54) is 22.3 Å². The molecule has 4 rings (SSSR count). The van der Waals surface area contributed by atoms with Gasteiger partial charge in [0.1, 0.15) is 0 Å². The first kappa shape index (κ1) is 48.2. The molecule has 0 radical (unpaired) electrons. The maximum atomic E-state index is 6.50. The number of rotatable bonds is 13. The number of aryl methyl sites for hydroxylation is 3. The Morgan fingerprint density at radius 3 is 0.811 bits per heavy atom. The fourth-order valence-corrected chi connectivity index (χ4v) is 17.5. The van der Waals surface area contributed by atoms with E-state index in [1.807, 2.05) is 18.2 Å². The minimum atomic E-state index is -3.80. The average Bonchev–Trinajstić information content (AvgIpc) is 3.27. The molecular formula is C39H51Cl3O9SiTi. The summed E-state index contributed by atoms with van der Waals surface area (Å²) in [5.74, 6) is 4.82.